The SMILES string of the molecule is CN1C(=O)CN(c2nnc(N(C)C)c(N(C)C)n2)C1=O. The Balaban J connectivity index is 2.42. The Labute approximate surface area is 116 Å². The molecule has 0 atom stereocenters. The molecule has 1 fully saturated rings. The number of rotatable bonds is 3. The lowest BCUT2D eigenvalue weighted by atomic mass is 10.5. The molecule has 0 bridgehead atoms. The summed E-state index contributed by atoms with van der Waals surface area (Å²) in [5.74, 6) is 1.00. The molecule has 3 amide bonds. The van der Waals surface area contributed by atoms with Crippen molar-refractivity contribution >= 4 is 29.5 Å². The van der Waals surface area contributed by atoms with E-state index >= 15 is 0 Å². The zero-order chi connectivity index (χ0) is 15.0. The van der Waals surface area contributed by atoms with Crippen molar-refractivity contribution in [3.8, 4) is 0 Å². The minimum atomic E-state index is -0.445. The van der Waals surface area contributed by atoms with Crippen molar-refractivity contribution in [1.82, 2.24) is 20.1 Å². The average molecular weight is 279 g/mol. The summed E-state index contributed by atoms with van der Waals surface area (Å²) in [5, 5.41) is 8.02. The number of urea groups is 1. The first kappa shape index (κ1) is 14.0. The quantitative estimate of drug-likeness (QED) is 0.683. The molecule has 1 aliphatic rings. The normalized spacial score (nSPS) is 15.1. The van der Waals surface area contributed by atoms with Gasteiger partial charge in [-0.1, -0.05) is 0 Å². The highest BCUT2D eigenvalue weighted by molar-refractivity contribution is 6.11. The standard InChI is InChI=1S/C11H17N7O2/c1-15(2)8-9(16(3)4)13-14-10(12-8)18-6-7(19)17(5)11(18)20/h6H2,1-5H3. The largest absolute Gasteiger partial charge is 0.360 e. The third kappa shape index (κ3) is 2.22. The number of carbonyl (C=O) groups is 2. The maximum atomic E-state index is 11.9. The van der Waals surface area contributed by atoms with E-state index in [2.05, 4.69) is 15.2 Å². The Bertz CT molecular complexity index is 558. The fourth-order valence-corrected chi connectivity index (χ4v) is 1.76. The van der Waals surface area contributed by atoms with E-state index in [1.165, 1.54) is 11.9 Å². The number of hydrogen-bond donors (Lipinski definition) is 0. The summed E-state index contributed by atoms with van der Waals surface area (Å²) < 4.78 is 0. The van der Waals surface area contributed by atoms with Gasteiger partial charge in [-0.25, -0.2) is 4.79 Å². The van der Waals surface area contributed by atoms with Gasteiger partial charge in [-0.15, -0.1) is 10.2 Å². The lowest BCUT2D eigenvalue weighted by Crippen LogP contribution is -2.32. The van der Waals surface area contributed by atoms with E-state index < -0.39 is 6.03 Å². The van der Waals surface area contributed by atoms with Crippen LogP contribution in [0.5, 0.6) is 0 Å². The van der Waals surface area contributed by atoms with E-state index in [1.807, 2.05) is 28.2 Å². The number of amides is 3. The predicted molar refractivity (Wildman–Crippen MR) is 74.0 cm³/mol. The van der Waals surface area contributed by atoms with Gasteiger partial charge in [0.05, 0.1) is 0 Å². The molecule has 1 aromatic rings. The number of anilines is 3. The Morgan fingerprint density at radius 2 is 1.60 bits per heavy atom. The van der Waals surface area contributed by atoms with E-state index in [-0.39, 0.29) is 18.4 Å². The van der Waals surface area contributed by atoms with Crippen molar-refractivity contribution in [2.75, 3.05) is 56.5 Å². The van der Waals surface area contributed by atoms with Crippen LogP contribution in [0.3, 0.4) is 0 Å². The molecule has 0 N–H and O–H groups in total. The molecule has 108 valence electrons. The van der Waals surface area contributed by atoms with E-state index in [1.54, 1.807) is 9.80 Å². The summed E-state index contributed by atoms with van der Waals surface area (Å²) in [6, 6.07) is -0.445. The van der Waals surface area contributed by atoms with Crippen molar-refractivity contribution in [3.05, 3.63) is 0 Å². The highest BCUT2D eigenvalue weighted by Crippen LogP contribution is 2.24. The molecule has 0 aromatic carbocycles. The first-order valence-electron chi connectivity index (χ1n) is 6.00. The second-order valence-electron chi connectivity index (χ2n) is 4.87. The molecule has 0 radical (unpaired) electrons. The minimum absolute atomic E-state index is 0.0643. The minimum Gasteiger partial charge on any atom is -0.360 e. The molecule has 20 heavy (non-hydrogen) atoms. The van der Waals surface area contributed by atoms with Crippen LogP contribution in [0.15, 0.2) is 0 Å². The molecule has 0 aliphatic carbocycles. The van der Waals surface area contributed by atoms with E-state index in [0.29, 0.717) is 11.6 Å². The Morgan fingerprint density at radius 1 is 1.00 bits per heavy atom. The number of hydrogen-bond acceptors (Lipinski definition) is 7. The van der Waals surface area contributed by atoms with Crippen LogP contribution in [0, 0.1) is 0 Å². The number of carbonyl (C=O) groups excluding carboxylic acids is 2. The van der Waals surface area contributed by atoms with Gasteiger partial charge in [-0.3, -0.25) is 14.6 Å². The molecular formula is C11H17N7O2. The fourth-order valence-electron chi connectivity index (χ4n) is 1.76. The zero-order valence-electron chi connectivity index (χ0n) is 12.2. The van der Waals surface area contributed by atoms with Gasteiger partial charge in [0.2, 0.25) is 0 Å². The summed E-state index contributed by atoms with van der Waals surface area (Å²) >= 11 is 0. The summed E-state index contributed by atoms with van der Waals surface area (Å²) in [7, 11) is 8.74. The Kier molecular flexibility index (Phi) is 3.43. The van der Waals surface area contributed by atoms with Gasteiger partial charge >= 0.3 is 6.03 Å². The molecular weight excluding hydrogens is 262 g/mol. The van der Waals surface area contributed by atoms with Crippen LogP contribution in [0.4, 0.5) is 22.4 Å². The van der Waals surface area contributed by atoms with Gasteiger partial charge in [0.25, 0.3) is 11.9 Å². The Hall–Kier alpha value is -2.45. The summed E-state index contributed by atoms with van der Waals surface area (Å²) in [6.07, 6.45) is 0. The zero-order valence-corrected chi connectivity index (χ0v) is 12.2. The molecule has 0 spiro atoms. The molecule has 1 aliphatic heterocycles. The molecule has 9 heteroatoms. The van der Waals surface area contributed by atoms with Crippen LogP contribution >= 0.6 is 0 Å². The van der Waals surface area contributed by atoms with Crippen molar-refractivity contribution in [1.29, 1.82) is 0 Å². The summed E-state index contributed by atoms with van der Waals surface area (Å²) in [6.45, 7) is -0.0643. The summed E-state index contributed by atoms with van der Waals surface area (Å²) in [5.41, 5.74) is 0. The highest BCUT2D eigenvalue weighted by atomic mass is 16.2. The van der Waals surface area contributed by atoms with Gasteiger partial charge in [-0.2, -0.15) is 4.98 Å². The third-order valence-corrected chi connectivity index (χ3v) is 2.91. The molecule has 0 unspecified atom stereocenters. The predicted octanol–water partition coefficient (Wildman–Crippen LogP) is -0.598. The van der Waals surface area contributed by atoms with Crippen molar-refractivity contribution in [3.63, 3.8) is 0 Å². The van der Waals surface area contributed by atoms with Gasteiger partial charge in [0.15, 0.2) is 11.6 Å². The smallest absolute Gasteiger partial charge is 0.333 e. The fraction of sp³-hybridized carbons (Fsp3) is 0.545. The molecule has 0 saturated carbocycles. The van der Waals surface area contributed by atoms with Crippen LogP contribution in [0.2, 0.25) is 0 Å². The number of likely N-dealkylation sites (N-methyl/N-ethyl adjacent to an activating group) is 1. The van der Waals surface area contributed by atoms with Gasteiger partial charge < -0.3 is 9.80 Å². The van der Waals surface area contributed by atoms with Crippen LogP contribution in [-0.4, -0.2) is 73.8 Å². The molecule has 2 rings (SSSR count). The first-order valence-corrected chi connectivity index (χ1v) is 6.00. The lowest BCUT2D eigenvalue weighted by Gasteiger charge is -2.21. The number of imide groups is 1. The number of nitrogens with zero attached hydrogens (tertiary/aromatic N) is 7. The summed E-state index contributed by atoms with van der Waals surface area (Å²) in [4.78, 5) is 33.6. The molecule has 1 aromatic heterocycles. The lowest BCUT2D eigenvalue weighted by molar-refractivity contribution is -0.123. The average Bonchev–Trinajstić information content (AvgIpc) is 2.65. The Morgan fingerprint density at radius 3 is 2.05 bits per heavy atom. The van der Waals surface area contributed by atoms with Crippen molar-refractivity contribution in [2.45, 2.75) is 0 Å². The molecule has 1 saturated heterocycles. The van der Waals surface area contributed by atoms with Crippen molar-refractivity contribution < 1.29 is 9.59 Å². The maximum absolute atomic E-state index is 11.9. The van der Waals surface area contributed by atoms with E-state index in [9.17, 15) is 9.59 Å². The second kappa shape index (κ2) is 4.91. The van der Waals surface area contributed by atoms with Gasteiger partial charge in [-0.05, 0) is 0 Å². The maximum Gasteiger partial charge on any atom is 0.333 e. The topological polar surface area (TPSA) is 85.8 Å². The van der Waals surface area contributed by atoms with Crippen LogP contribution in [0.25, 0.3) is 0 Å². The third-order valence-electron chi connectivity index (χ3n) is 2.91. The van der Waals surface area contributed by atoms with E-state index in [0.717, 1.165) is 4.90 Å². The van der Waals surface area contributed by atoms with Crippen LogP contribution in [-0.2, 0) is 4.79 Å². The first-order chi connectivity index (χ1) is 9.32. The van der Waals surface area contributed by atoms with Gasteiger partial charge in [0.1, 0.15) is 6.54 Å². The molecule has 9 nitrogen and oxygen atoms in total. The van der Waals surface area contributed by atoms with Gasteiger partial charge in [0, 0.05) is 35.2 Å². The monoisotopic (exact) mass is 279 g/mol. The highest BCUT2D eigenvalue weighted by Gasteiger charge is 2.36. The molecule has 2 heterocycles. The van der Waals surface area contributed by atoms with Crippen LogP contribution < -0.4 is 14.7 Å². The number of aromatic nitrogens is 3. The second-order valence-corrected chi connectivity index (χ2v) is 4.87. The van der Waals surface area contributed by atoms with E-state index in [4.69, 9.17) is 0 Å². The van der Waals surface area contributed by atoms with Crippen molar-refractivity contribution in [2.24, 2.45) is 0 Å². The van der Waals surface area contributed by atoms with Crippen LogP contribution in [0.1, 0.15) is 0 Å².